The minimum absolute atomic E-state index is 0.0512. The highest BCUT2D eigenvalue weighted by molar-refractivity contribution is 6.32. The fourth-order valence-corrected chi connectivity index (χ4v) is 2.39. The third kappa shape index (κ3) is 2.48. The molecule has 0 aliphatic carbocycles. The number of halogens is 1. The van der Waals surface area contributed by atoms with Crippen molar-refractivity contribution in [2.75, 3.05) is 19.8 Å². The lowest BCUT2D eigenvalue weighted by Gasteiger charge is -2.11. The zero-order valence-corrected chi connectivity index (χ0v) is 11.2. The third-order valence-electron chi connectivity index (χ3n) is 3.13. The van der Waals surface area contributed by atoms with Gasteiger partial charge in [0, 0.05) is 24.9 Å². The number of hydrogen-bond acceptors (Lipinski definition) is 5. The molecule has 2 N–H and O–H groups in total. The van der Waals surface area contributed by atoms with Crippen LogP contribution in [0.4, 0.5) is 0 Å². The normalized spacial score (nSPS) is 21.6. The van der Waals surface area contributed by atoms with E-state index in [9.17, 15) is 0 Å². The molecule has 2 aliphatic rings. The van der Waals surface area contributed by atoms with E-state index in [1.54, 1.807) is 0 Å². The lowest BCUT2D eigenvalue weighted by molar-refractivity contribution is 0.0918. The molecule has 2 aliphatic heterocycles. The molecule has 0 aromatic heterocycles. The quantitative estimate of drug-likeness (QED) is 0.900. The third-order valence-corrected chi connectivity index (χ3v) is 3.41. The summed E-state index contributed by atoms with van der Waals surface area (Å²) in [5.74, 6) is 1.27. The molecule has 1 aromatic rings. The van der Waals surface area contributed by atoms with Crippen molar-refractivity contribution in [2.45, 2.75) is 18.9 Å². The second kappa shape index (κ2) is 5.27. The molecule has 0 fully saturated rings. The molecule has 0 saturated carbocycles. The first kappa shape index (κ1) is 12.6. The first-order valence-corrected chi connectivity index (χ1v) is 6.68. The van der Waals surface area contributed by atoms with Gasteiger partial charge in [-0.2, -0.15) is 0 Å². The van der Waals surface area contributed by atoms with Gasteiger partial charge < -0.3 is 20.0 Å². The second-order valence-corrected chi connectivity index (χ2v) is 4.95. The Balaban J connectivity index is 1.92. The molecular weight excluding hydrogens is 268 g/mol. The Bertz CT molecular complexity index is 519. The average molecular weight is 283 g/mol. The van der Waals surface area contributed by atoms with Gasteiger partial charge in [0.25, 0.3) is 0 Å². The first-order valence-electron chi connectivity index (χ1n) is 6.30. The zero-order chi connectivity index (χ0) is 13.2. The van der Waals surface area contributed by atoms with Crippen LogP contribution in [-0.2, 0) is 4.84 Å². The number of oxime groups is 1. The Hall–Kier alpha value is -1.46. The maximum atomic E-state index is 6.24. The average Bonchev–Trinajstić information content (AvgIpc) is 2.77. The van der Waals surface area contributed by atoms with Crippen LogP contribution >= 0.6 is 11.6 Å². The van der Waals surface area contributed by atoms with Crippen LogP contribution in [0.2, 0.25) is 5.02 Å². The Morgan fingerprint density at radius 2 is 2.16 bits per heavy atom. The minimum Gasteiger partial charge on any atom is -0.489 e. The summed E-state index contributed by atoms with van der Waals surface area (Å²) in [6.45, 7) is 1.69. The Morgan fingerprint density at radius 3 is 2.95 bits per heavy atom. The van der Waals surface area contributed by atoms with E-state index in [2.05, 4.69) is 5.16 Å². The topological polar surface area (TPSA) is 66.1 Å². The number of fused-ring (bicyclic) bond motifs is 1. The van der Waals surface area contributed by atoms with Gasteiger partial charge in [0.2, 0.25) is 0 Å². The van der Waals surface area contributed by atoms with Gasteiger partial charge in [0.05, 0.1) is 23.9 Å². The monoisotopic (exact) mass is 282 g/mol. The molecular formula is C13H15ClN2O3. The van der Waals surface area contributed by atoms with Crippen molar-refractivity contribution >= 4 is 17.3 Å². The van der Waals surface area contributed by atoms with Crippen molar-refractivity contribution in [3.8, 4) is 11.5 Å². The van der Waals surface area contributed by atoms with E-state index in [-0.39, 0.29) is 6.10 Å². The van der Waals surface area contributed by atoms with Crippen LogP contribution in [0.3, 0.4) is 0 Å². The maximum Gasteiger partial charge on any atom is 0.179 e. The highest BCUT2D eigenvalue weighted by atomic mass is 35.5. The molecule has 3 rings (SSSR count). The summed E-state index contributed by atoms with van der Waals surface area (Å²) in [5, 5.41) is 4.59. The van der Waals surface area contributed by atoms with E-state index in [1.807, 2.05) is 12.1 Å². The molecule has 102 valence electrons. The van der Waals surface area contributed by atoms with Crippen molar-refractivity contribution < 1.29 is 14.3 Å². The SMILES string of the molecule is NCC1CC(c2cc(Cl)c3c(c2)OCCCO3)=NO1. The molecule has 0 radical (unpaired) electrons. The van der Waals surface area contributed by atoms with Gasteiger partial charge >= 0.3 is 0 Å². The van der Waals surface area contributed by atoms with E-state index in [0.717, 1.165) is 17.7 Å². The van der Waals surface area contributed by atoms with Crippen LogP contribution in [0.15, 0.2) is 17.3 Å². The maximum absolute atomic E-state index is 6.24. The van der Waals surface area contributed by atoms with E-state index >= 15 is 0 Å². The molecule has 2 heterocycles. The van der Waals surface area contributed by atoms with Gasteiger partial charge in [0.15, 0.2) is 11.5 Å². The van der Waals surface area contributed by atoms with Crippen LogP contribution in [0.25, 0.3) is 0 Å². The Kier molecular flexibility index (Phi) is 3.48. The predicted molar refractivity (Wildman–Crippen MR) is 72.1 cm³/mol. The number of ether oxygens (including phenoxy) is 2. The number of nitrogens with zero attached hydrogens (tertiary/aromatic N) is 1. The molecule has 1 unspecified atom stereocenters. The highest BCUT2D eigenvalue weighted by Crippen LogP contribution is 2.38. The van der Waals surface area contributed by atoms with Crippen molar-refractivity contribution in [2.24, 2.45) is 10.9 Å². The molecule has 5 nitrogen and oxygen atoms in total. The zero-order valence-electron chi connectivity index (χ0n) is 10.4. The van der Waals surface area contributed by atoms with Crippen LogP contribution in [-0.4, -0.2) is 31.6 Å². The molecule has 0 spiro atoms. The van der Waals surface area contributed by atoms with Gasteiger partial charge in [-0.15, -0.1) is 0 Å². The summed E-state index contributed by atoms with van der Waals surface area (Å²) in [5.41, 5.74) is 7.30. The first-order chi connectivity index (χ1) is 9.28. The summed E-state index contributed by atoms with van der Waals surface area (Å²) in [4.78, 5) is 5.23. The summed E-state index contributed by atoms with van der Waals surface area (Å²) >= 11 is 6.24. The van der Waals surface area contributed by atoms with Gasteiger partial charge in [-0.05, 0) is 12.1 Å². The van der Waals surface area contributed by atoms with Crippen LogP contribution in [0, 0.1) is 0 Å². The molecule has 0 bridgehead atoms. The van der Waals surface area contributed by atoms with E-state index in [4.69, 9.17) is 31.6 Å². The number of rotatable bonds is 2. The predicted octanol–water partition coefficient (Wildman–Crippen LogP) is 1.95. The molecule has 0 saturated heterocycles. The summed E-state index contributed by atoms with van der Waals surface area (Å²) < 4.78 is 11.2. The standard InChI is InChI=1S/C13H15ClN2O3/c14-10-4-8(11-6-9(7-15)19-16-11)5-12-13(10)18-3-1-2-17-12/h4-5,9H,1-3,6-7,15H2. The van der Waals surface area contributed by atoms with Crippen LogP contribution < -0.4 is 15.2 Å². The van der Waals surface area contributed by atoms with Crippen molar-refractivity contribution in [3.63, 3.8) is 0 Å². The second-order valence-electron chi connectivity index (χ2n) is 4.54. The molecule has 1 atom stereocenters. The molecule has 1 aromatic carbocycles. The number of benzene rings is 1. The minimum atomic E-state index is -0.0512. The van der Waals surface area contributed by atoms with Crippen molar-refractivity contribution in [3.05, 3.63) is 22.7 Å². The molecule has 19 heavy (non-hydrogen) atoms. The number of nitrogens with two attached hydrogens (primary N) is 1. The molecule has 0 amide bonds. The Morgan fingerprint density at radius 1 is 1.32 bits per heavy atom. The molecule has 6 heteroatoms. The lowest BCUT2D eigenvalue weighted by atomic mass is 10.0. The van der Waals surface area contributed by atoms with Crippen LogP contribution in [0.1, 0.15) is 18.4 Å². The smallest absolute Gasteiger partial charge is 0.179 e. The van der Waals surface area contributed by atoms with Gasteiger partial charge in [0.1, 0.15) is 6.10 Å². The largest absolute Gasteiger partial charge is 0.489 e. The van der Waals surface area contributed by atoms with Crippen LogP contribution in [0.5, 0.6) is 11.5 Å². The van der Waals surface area contributed by atoms with Gasteiger partial charge in [-0.3, -0.25) is 0 Å². The van der Waals surface area contributed by atoms with Gasteiger partial charge in [-0.1, -0.05) is 16.8 Å². The van der Waals surface area contributed by atoms with E-state index in [0.29, 0.717) is 42.7 Å². The Labute approximate surface area is 116 Å². The van der Waals surface area contributed by atoms with E-state index in [1.165, 1.54) is 0 Å². The van der Waals surface area contributed by atoms with Crippen molar-refractivity contribution in [1.29, 1.82) is 0 Å². The summed E-state index contributed by atoms with van der Waals surface area (Å²) in [6.07, 6.45) is 1.48. The lowest BCUT2D eigenvalue weighted by Crippen LogP contribution is -2.20. The van der Waals surface area contributed by atoms with E-state index < -0.39 is 0 Å². The summed E-state index contributed by atoms with van der Waals surface area (Å²) in [7, 11) is 0. The van der Waals surface area contributed by atoms with Crippen molar-refractivity contribution in [1.82, 2.24) is 0 Å². The highest BCUT2D eigenvalue weighted by Gasteiger charge is 2.23. The van der Waals surface area contributed by atoms with Gasteiger partial charge in [-0.25, -0.2) is 0 Å². The number of hydrogen-bond donors (Lipinski definition) is 1. The fraction of sp³-hybridized carbons (Fsp3) is 0.462. The summed E-state index contributed by atoms with van der Waals surface area (Å²) in [6, 6.07) is 3.73. The fourth-order valence-electron chi connectivity index (χ4n) is 2.12.